The third-order valence-electron chi connectivity index (χ3n) is 4.18. The van der Waals surface area contributed by atoms with Crippen molar-refractivity contribution in [2.75, 3.05) is 6.61 Å². The summed E-state index contributed by atoms with van der Waals surface area (Å²) in [6.07, 6.45) is 3.16. The number of benzene rings is 1. The Balaban J connectivity index is 2.00. The predicted octanol–water partition coefficient (Wildman–Crippen LogP) is 4.68. The van der Waals surface area contributed by atoms with E-state index in [1.807, 2.05) is 24.4 Å². The van der Waals surface area contributed by atoms with E-state index in [1.165, 1.54) is 22.2 Å². The number of hydrogen-bond donors (Lipinski definition) is 0. The predicted molar refractivity (Wildman–Crippen MR) is 105 cm³/mol. The molecule has 2 heterocycles. The molecule has 2 aromatic heterocycles. The van der Waals surface area contributed by atoms with Crippen LogP contribution in [0.25, 0.3) is 21.3 Å². The van der Waals surface area contributed by atoms with Crippen molar-refractivity contribution in [3.05, 3.63) is 51.3 Å². The molecule has 0 unspecified atom stereocenters. The lowest BCUT2D eigenvalue weighted by molar-refractivity contribution is -0.147. The first kappa shape index (κ1) is 18.6. The largest absolute Gasteiger partial charge is 0.464 e. The molecule has 0 amide bonds. The van der Waals surface area contributed by atoms with Crippen molar-refractivity contribution in [1.82, 2.24) is 9.55 Å². The molecular weight excluding hydrogens is 372 g/mol. The van der Waals surface area contributed by atoms with Crippen LogP contribution < -0.4 is 5.56 Å². The zero-order chi connectivity index (χ0) is 18.7. The minimum absolute atomic E-state index is 0.249. The van der Waals surface area contributed by atoms with Gasteiger partial charge in [0.2, 0.25) is 0 Å². The van der Waals surface area contributed by atoms with Crippen molar-refractivity contribution in [1.29, 1.82) is 0 Å². The molecule has 26 heavy (non-hydrogen) atoms. The van der Waals surface area contributed by atoms with Gasteiger partial charge in [-0.15, -0.1) is 11.3 Å². The Morgan fingerprint density at radius 3 is 2.77 bits per heavy atom. The first-order chi connectivity index (χ1) is 12.5. The first-order valence-electron chi connectivity index (χ1n) is 8.43. The average molecular weight is 391 g/mol. The Labute approximate surface area is 160 Å². The van der Waals surface area contributed by atoms with Crippen molar-refractivity contribution >= 4 is 39.1 Å². The van der Waals surface area contributed by atoms with E-state index in [9.17, 15) is 9.59 Å². The number of carbonyl (C=O) groups excluding carboxylic acids is 1. The minimum atomic E-state index is -0.728. The van der Waals surface area contributed by atoms with Gasteiger partial charge in [-0.3, -0.25) is 9.36 Å². The van der Waals surface area contributed by atoms with Crippen molar-refractivity contribution in [3.8, 4) is 11.1 Å². The van der Waals surface area contributed by atoms with Gasteiger partial charge in [-0.25, -0.2) is 9.78 Å². The summed E-state index contributed by atoms with van der Waals surface area (Å²) in [6.45, 7) is 4.03. The lowest BCUT2D eigenvalue weighted by Gasteiger charge is -2.14. The van der Waals surface area contributed by atoms with Crippen molar-refractivity contribution in [3.63, 3.8) is 0 Å². The fourth-order valence-corrected chi connectivity index (χ4v) is 3.65. The van der Waals surface area contributed by atoms with Gasteiger partial charge in [0.15, 0.2) is 0 Å². The van der Waals surface area contributed by atoms with Crippen LogP contribution in [0.1, 0.15) is 32.7 Å². The number of hydrogen-bond acceptors (Lipinski definition) is 5. The first-order valence-corrected chi connectivity index (χ1v) is 9.69. The number of nitrogens with zero attached hydrogens (tertiary/aromatic N) is 2. The smallest absolute Gasteiger partial charge is 0.328 e. The van der Waals surface area contributed by atoms with Crippen LogP contribution in [0.3, 0.4) is 0 Å². The van der Waals surface area contributed by atoms with E-state index in [1.54, 1.807) is 19.1 Å². The van der Waals surface area contributed by atoms with Crippen LogP contribution in [0.4, 0.5) is 0 Å². The third-order valence-corrected chi connectivity index (χ3v) is 5.31. The number of aromatic nitrogens is 2. The molecule has 0 saturated heterocycles. The van der Waals surface area contributed by atoms with Gasteiger partial charge in [-0.05, 0) is 31.0 Å². The van der Waals surface area contributed by atoms with Crippen LogP contribution in [0.5, 0.6) is 0 Å². The van der Waals surface area contributed by atoms with Gasteiger partial charge in [0.25, 0.3) is 5.56 Å². The molecular formula is C19H19ClN2O3S. The number of fused-ring (bicyclic) bond motifs is 1. The summed E-state index contributed by atoms with van der Waals surface area (Å²) < 4.78 is 6.57. The molecule has 7 heteroatoms. The maximum absolute atomic E-state index is 13.0. The molecule has 0 radical (unpaired) electrons. The SMILES string of the molecule is CCCCOC(=O)[C@@H](C)n1cnc2scc(-c3ccc(Cl)cc3)c2c1=O. The highest BCUT2D eigenvalue weighted by Gasteiger charge is 2.21. The van der Waals surface area contributed by atoms with E-state index in [4.69, 9.17) is 16.3 Å². The van der Waals surface area contributed by atoms with Gasteiger partial charge in [-0.1, -0.05) is 37.1 Å². The minimum Gasteiger partial charge on any atom is -0.464 e. The van der Waals surface area contributed by atoms with Crippen molar-refractivity contribution in [2.45, 2.75) is 32.7 Å². The quantitative estimate of drug-likeness (QED) is 0.452. The molecule has 1 aromatic carbocycles. The lowest BCUT2D eigenvalue weighted by atomic mass is 10.1. The molecule has 0 N–H and O–H groups in total. The molecule has 0 fully saturated rings. The topological polar surface area (TPSA) is 61.2 Å². The fraction of sp³-hybridized carbons (Fsp3) is 0.316. The molecule has 136 valence electrons. The molecule has 0 aliphatic carbocycles. The number of halogens is 1. The summed E-state index contributed by atoms with van der Waals surface area (Å²) in [5.74, 6) is -0.426. The Bertz CT molecular complexity index is 979. The highest BCUT2D eigenvalue weighted by atomic mass is 35.5. The molecule has 3 aromatic rings. The second kappa shape index (κ2) is 8.01. The zero-order valence-corrected chi connectivity index (χ0v) is 16.1. The summed E-state index contributed by atoms with van der Waals surface area (Å²) in [4.78, 5) is 30.2. The van der Waals surface area contributed by atoms with E-state index < -0.39 is 12.0 Å². The average Bonchev–Trinajstić information content (AvgIpc) is 3.07. The maximum Gasteiger partial charge on any atom is 0.328 e. The summed E-state index contributed by atoms with van der Waals surface area (Å²) >= 11 is 7.35. The van der Waals surface area contributed by atoms with Gasteiger partial charge < -0.3 is 4.74 Å². The van der Waals surface area contributed by atoms with Gasteiger partial charge in [0.1, 0.15) is 10.9 Å². The second-order valence-electron chi connectivity index (χ2n) is 5.99. The number of thiophene rings is 1. The molecule has 0 saturated carbocycles. The van der Waals surface area contributed by atoms with Crippen LogP contribution >= 0.6 is 22.9 Å². The van der Waals surface area contributed by atoms with Gasteiger partial charge >= 0.3 is 5.97 Å². The van der Waals surface area contributed by atoms with Gasteiger partial charge in [0, 0.05) is 16.0 Å². The van der Waals surface area contributed by atoms with Crippen LogP contribution in [0.2, 0.25) is 5.02 Å². The summed E-state index contributed by atoms with van der Waals surface area (Å²) in [7, 11) is 0. The van der Waals surface area contributed by atoms with Gasteiger partial charge in [-0.2, -0.15) is 0 Å². The second-order valence-corrected chi connectivity index (χ2v) is 7.28. The molecule has 0 aliphatic rings. The third kappa shape index (κ3) is 3.66. The zero-order valence-electron chi connectivity index (χ0n) is 14.6. The standard InChI is InChI=1S/C19H19ClN2O3S/c1-3-4-9-25-19(24)12(2)22-11-21-17-16(18(22)23)15(10-26-17)13-5-7-14(20)8-6-13/h5-8,10-12H,3-4,9H2,1-2H3/t12-/m1/s1. The molecule has 0 aliphatic heterocycles. The van der Waals surface area contributed by atoms with E-state index in [0.29, 0.717) is 21.8 Å². The van der Waals surface area contributed by atoms with Gasteiger partial charge in [0.05, 0.1) is 18.3 Å². The highest BCUT2D eigenvalue weighted by Crippen LogP contribution is 2.31. The Morgan fingerprint density at radius 2 is 2.08 bits per heavy atom. The summed E-state index contributed by atoms with van der Waals surface area (Å²) in [6, 6.07) is 6.56. The monoisotopic (exact) mass is 390 g/mol. The number of unbranched alkanes of at least 4 members (excludes halogenated alkanes) is 1. The Morgan fingerprint density at radius 1 is 1.35 bits per heavy atom. The summed E-state index contributed by atoms with van der Waals surface area (Å²) in [5.41, 5.74) is 1.43. The van der Waals surface area contributed by atoms with Crippen LogP contribution in [0.15, 0.2) is 40.8 Å². The van der Waals surface area contributed by atoms with Crippen LogP contribution in [-0.4, -0.2) is 22.1 Å². The van der Waals surface area contributed by atoms with Crippen molar-refractivity contribution < 1.29 is 9.53 Å². The Kier molecular flexibility index (Phi) is 5.74. The molecule has 5 nitrogen and oxygen atoms in total. The molecule has 1 atom stereocenters. The number of carbonyl (C=O) groups is 1. The van der Waals surface area contributed by atoms with E-state index in [0.717, 1.165) is 24.0 Å². The van der Waals surface area contributed by atoms with Crippen LogP contribution in [0, 0.1) is 0 Å². The van der Waals surface area contributed by atoms with Crippen LogP contribution in [-0.2, 0) is 9.53 Å². The summed E-state index contributed by atoms with van der Waals surface area (Å²) in [5, 5.41) is 3.04. The Hall–Kier alpha value is -2.18. The number of ether oxygens (including phenoxy) is 1. The number of esters is 1. The normalized spacial score (nSPS) is 12.3. The maximum atomic E-state index is 13.0. The fourth-order valence-electron chi connectivity index (χ4n) is 2.61. The molecule has 3 rings (SSSR count). The molecule has 0 spiro atoms. The highest BCUT2D eigenvalue weighted by molar-refractivity contribution is 7.17. The van der Waals surface area contributed by atoms with E-state index in [2.05, 4.69) is 4.98 Å². The molecule has 0 bridgehead atoms. The lowest BCUT2D eigenvalue weighted by Crippen LogP contribution is -2.29. The number of rotatable bonds is 6. The van der Waals surface area contributed by atoms with E-state index >= 15 is 0 Å². The van der Waals surface area contributed by atoms with Crippen molar-refractivity contribution in [2.24, 2.45) is 0 Å². The van der Waals surface area contributed by atoms with E-state index in [-0.39, 0.29) is 5.56 Å².